The van der Waals surface area contributed by atoms with E-state index in [1.165, 1.54) is 7.11 Å². The van der Waals surface area contributed by atoms with E-state index in [4.69, 9.17) is 0 Å². The van der Waals surface area contributed by atoms with E-state index in [1.54, 1.807) is 6.92 Å². The number of carbonyl (C=O) groups excluding carboxylic acids is 2. The van der Waals surface area contributed by atoms with Gasteiger partial charge in [-0.25, -0.2) is 0 Å². The first-order valence-electron chi connectivity index (χ1n) is 3.51. The molecule has 4 nitrogen and oxygen atoms in total. The molecule has 0 fully saturated rings. The fourth-order valence-corrected chi connectivity index (χ4v) is 0.854. The van der Waals surface area contributed by atoms with E-state index in [0.717, 1.165) is 0 Å². The molecule has 0 aromatic rings. The summed E-state index contributed by atoms with van der Waals surface area (Å²) in [5, 5.41) is 0. The number of rotatable bonds is 4. The van der Waals surface area contributed by atoms with Crippen LogP contribution in [0.5, 0.6) is 0 Å². The van der Waals surface area contributed by atoms with Gasteiger partial charge in [-0.15, -0.1) is 0 Å². The van der Waals surface area contributed by atoms with Crippen molar-refractivity contribution < 1.29 is 18.2 Å². The van der Waals surface area contributed by atoms with Crippen molar-refractivity contribution in [3.05, 3.63) is 0 Å². The van der Waals surface area contributed by atoms with Crippen LogP contribution in [-0.2, 0) is 18.2 Å². The Kier molecular flexibility index (Phi) is 5.70. The van der Waals surface area contributed by atoms with Crippen LogP contribution in [0.2, 0.25) is 0 Å². The zero-order valence-corrected chi connectivity index (χ0v) is 8.59. The lowest BCUT2D eigenvalue weighted by Gasteiger charge is -2.06. The van der Waals surface area contributed by atoms with Crippen molar-refractivity contribution in [1.29, 1.82) is 0 Å². The van der Waals surface area contributed by atoms with Gasteiger partial charge in [-0.3, -0.25) is 9.59 Å². The van der Waals surface area contributed by atoms with E-state index in [2.05, 4.69) is 24.8 Å². The van der Waals surface area contributed by atoms with E-state index in [0.29, 0.717) is 6.42 Å². The number of methoxy groups -OCH3 is 1. The van der Waals surface area contributed by atoms with Crippen LogP contribution in [0.4, 0.5) is 0 Å². The number of carbonyl (C=O) groups is 2. The van der Waals surface area contributed by atoms with Gasteiger partial charge in [0, 0.05) is 6.42 Å². The summed E-state index contributed by atoms with van der Waals surface area (Å²) in [4.78, 5) is 21.4. The normalized spacial score (nSPS) is 11.9. The van der Waals surface area contributed by atoms with Crippen molar-refractivity contribution >= 4 is 28.2 Å². The first-order valence-corrected chi connectivity index (χ1v) is 4.15. The Morgan fingerprint density at radius 3 is 2.50 bits per heavy atom. The van der Waals surface area contributed by atoms with Gasteiger partial charge >= 0.3 is 11.9 Å². The van der Waals surface area contributed by atoms with Crippen LogP contribution >= 0.6 is 16.3 Å². The SMILES string of the molecule is COC(=O)[C@H](C)CCC(=O)OBr. The molecule has 0 N–H and O–H groups in total. The predicted molar refractivity (Wildman–Crippen MR) is 45.4 cm³/mol. The summed E-state index contributed by atoms with van der Waals surface area (Å²) in [7, 11) is 1.32. The van der Waals surface area contributed by atoms with Gasteiger partial charge < -0.3 is 8.57 Å². The zero-order valence-electron chi connectivity index (χ0n) is 7.00. The molecule has 0 radical (unpaired) electrons. The minimum Gasteiger partial charge on any atom is -0.469 e. The van der Waals surface area contributed by atoms with E-state index >= 15 is 0 Å². The highest BCUT2D eigenvalue weighted by molar-refractivity contribution is 9.06. The van der Waals surface area contributed by atoms with E-state index in [1.807, 2.05) is 0 Å². The first-order chi connectivity index (χ1) is 5.61. The Morgan fingerprint density at radius 1 is 1.50 bits per heavy atom. The minimum absolute atomic E-state index is 0.210. The number of hydrogen-bond donors (Lipinski definition) is 0. The zero-order chi connectivity index (χ0) is 9.56. The van der Waals surface area contributed by atoms with Gasteiger partial charge in [-0.2, -0.15) is 0 Å². The van der Waals surface area contributed by atoms with Crippen molar-refractivity contribution in [3.8, 4) is 0 Å². The van der Waals surface area contributed by atoms with Crippen LogP contribution in [0.25, 0.3) is 0 Å². The fourth-order valence-electron chi connectivity index (χ4n) is 0.692. The molecule has 0 unspecified atom stereocenters. The molecule has 12 heavy (non-hydrogen) atoms. The molecule has 0 aliphatic rings. The summed E-state index contributed by atoms with van der Waals surface area (Å²) >= 11 is 2.55. The van der Waals surface area contributed by atoms with Crippen LogP contribution in [0.1, 0.15) is 19.8 Å². The summed E-state index contributed by atoms with van der Waals surface area (Å²) in [6.07, 6.45) is 0.651. The second-order valence-electron chi connectivity index (χ2n) is 2.41. The summed E-state index contributed by atoms with van der Waals surface area (Å²) < 4.78 is 8.71. The Balaban J connectivity index is 3.63. The second-order valence-corrected chi connectivity index (χ2v) is 2.74. The lowest BCUT2D eigenvalue weighted by molar-refractivity contribution is -0.145. The largest absolute Gasteiger partial charge is 0.469 e. The smallest absolute Gasteiger partial charge is 0.317 e. The molecular formula is C7H11BrO4. The Hall–Kier alpha value is -0.580. The van der Waals surface area contributed by atoms with Crippen LogP contribution < -0.4 is 0 Å². The lowest BCUT2D eigenvalue weighted by atomic mass is 10.1. The molecule has 1 atom stereocenters. The molecule has 0 aromatic heterocycles. The van der Waals surface area contributed by atoms with Gasteiger partial charge in [0.1, 0.15) is 0 Å². The molecule has 0 amide bonds. The van der Waals surface area contributed by atoms with Crippen LogP contribution in [0.3, 0.4) is 0 Å². The van der Waals surface area contributed by atoms with Gasteiger partial charge in [-0.1, -0.05) is 6.92 Å². The lowest BCUT2D eigenvalue weighted by Crippen LogP contribution is -2.14. The van der Waals surface area contributed by atoms with E-state index in [-0.39, 0.29) is 24.3 Å². The Morgan fingerprint density at radius 2 is 2.08 bits per heavy atom. The maximum atomic E-state index is 10.8. The minimum atomic E-state index is -0.384. The maximum Gasteiger partial charge on any atom is 0.317 e. The average molecular weight is 239 g/mol. The van der Waals surface area contributed by atoms with Gasteiger partial charge in [0.2, 0.25) is 0 Å². The second kappa shape index (κ2) is 5.99. The topological polar surface area (TPSA) is 52.6 Å². The Labute approximate surface area is 79.7 Å². The van der Waals surface area contributed by atoms with E-state index < -0.39 is 0 Å². The highest BCUT2D eigenvalue weighted by Gasteiger charge is 2.14. The molecule has 0 aromatic carbocycles. The molecule has 0 spiro atoms. The van der Waals surface area contributed by atoms with Gasteiger partial charge in [0.15, 0.2) is 16.3 Å². The van der Waals surface area contributed by atoms with Crippen LogP contribution in [0, 0.1) is 5.92 Å². The van der Waals surface area contributed by atoms with Gasteiger partial charge in [-0.05, 0) is 6.42 Å². The van der Waals surface area contributed by atoms with Crippen molar-refractivity contribution in [2.75, 3.05) is 7.11 Å². The first kappa shape index (κ1) is 11.4. The predicted octanol–water partition coefficient (Wildman–Crippen LogP) is 1.43. The van der Waals surface area contributed by atoms with Crippen molar-refractivity contribution in [1.82, 2.24) is 0 Å². The molecule has 70 valence electrons. The third-order valence-corrected chi connectivity index (χ3v) is 1.83. The molecule has 0 heterocycles. The van der Waals surface area contributed by atoms with Crippen molar-refractivity contribution in [2.45, 2.75) is 19.8 Å². The van der Waals surface area contributed by atoms with Crippen LogP contribution in [0.15, 0.2) is 0 Å². The third-order valence-electron chi connectivity index (χ3n) is 1.47. The van der Waals surface area contributed by atoms with Crippen molar-refractivity contribution in [3.63, 3.8) is 0 Å². The average Bonchev–Trinajstić information content (AvgIpc) is 2.11. The monoisotopic (exact) mass is 238 g/mol. The highest BCUT2D eigenvalue weighted by Crippen LogP contribution is 2.08. The molecule has 0 rings (SSSR count). The van der Waals surface area contributed by atoms with Gasteiger partial charge in [0.25, 0.3) is 0 Å². The van der Waals surface area contributed by atoms with E-state index in [9.17, 15) is 9.59 Å². The molecule has 0 aliphatic carbocycles. The molecule has 0 bridgehead atoms. The van der Waals surface area contributed by atoms with Crippen LogP contribution in [-0.4, -0.2) is 19.0 Å². The molecule has 0 saturated heterocycles. The summed E-state index contributed by atoms with van der Waals surface area (Å²) in [6.45, 7) is 1.70. The molecule has 5 heteroatoms. The number of hydrogen-bond acceptors (Lipinski definition) is 4. The summed E-state index contributed by atoms with van der Waals surface area (Å²) in [6, 6.07) is 0. The molecule has 0 saturated carbocycles. The standard InChI is InChI=1S/C7H11BrO4/c1-5(7(10)11-2)3-4-6(9)12-8/h5H,3-4H2,1-2H3/t5-/m1/s1. The fraction of sp³-hybridized carbons (Fsp3) is 0.714. The molecular weight excluding hydrogens is 228 g/mol. The number of halogens is 1. The number of ether oxygens (including phenoxy) is 1. The third kappa shape index (κ3) is 4.33. The van der Waals surface area contributed by atoms with Crippen molar-refractivity contribution in [2.24, 2.45) is 5.92 Å². The summed E-state index contributed by atoms with van der Waals surface area (Å²) in [5.41, 5.74) is 0. The number of esters is 1. The maximum absolute atomic E-state index is 10.8. The highest BCUT2D eigenvalue weighted by atomic mass is 79.9. The Bertz CT molecular complexity index is 169. The molecule has 0 aliphatic heterocycles. The van der Waals surface area contributed by atoms with Gasteiger partial charge in [0.05, 0.1) is 13.0 Å². The quantitative estimate of drug-likeness (QED) is 0.696. The summed E-state index contributed by atoms with van der Waals surface area (Å²) in [5.74, 6) is -0.954.